The second kappa shape index (κ2) is 9.35. The van der Waals surface area contributed by atoms with E-state index in [9.17, 15) is 18.7 Å². The predicted molar refractivity (Wildman–Crippen MR) is 104 cm³/mol. The molecule has 2 N–H and O–H groups in total. The van der Waals surface area contributed by atoms with Gasteiger partial charge in [-0.05, 0) is 13.8 Å². The first-order chi connectivity index (χ1) is 14.3. The van der Waals surface area contributed by atoms with Crippen molar-refractivity contribution in [3.05, 3.63) is 35.0 Å². The Kier molecular flexibility index (Phi) is 6.83. The van der Waals surface area contributed by atoms with Crippen molar-refractivity contribution < 1.29 is 28.2 Å². The van der Waals surface area contributed by atoms with E-state index in [2.05, 4.69) is 20.3 Å². The summed E-state index contributed by atoms with van der Waals surface area (Å²) in [6.07, 6.45) is -0.257. The molecule has 1 fully saturated rings. The molecule has 0 saturated carbocycles. The molecule has 2 aromatic heterocycles. The van der Waals surface area contributed by atoms with Crippen LogP contribution in [0.15, 0.2) is 18.3 Å². The van der Waals surface area contributed by atoms with Crippen molar-refractivity contribution in [1.82, 2.24) is 15.0 Å². The van der Waals surface area contributed by atoms with Crippen LogP contribution >= 0.6 is 11.6 Å². The van der Waals surface area contributed by atoms with Gasteiger partial charge in [0.2, 0.25) is 5.95 Å². The molecule has 2 aromatic rings. The third-order valence-electron chi connectivity index (χ3n) is 4.34. The zero-order valence-corrected chi connectivity index (χ0v) is 16.9. The van der Waals surface area contributed by atoms with Gasteiger partial charge in [-0.3, -0.25) is 9.88 Å². The van der Waals surface area contributed by atoms with Crippen molar-refractivity contribution >= 4 is 29.5 Å². The Bertz CT molecular complexity index is 920. The Hall–Kier alpha value is -2.79. The highest BCUT2D eigenvalue weighted by Crippen LogP contribution is 2.28. The molecule has 1 saturated heterocycles. The first-order valence-corrected chi connectivity index (χ1v) is 9.47. The minimum atomic E-state index is -0.864. The van der Waals surface area contributed by atoms with Crippen LogP contribution in [0.3, 0.4) is 0 Å². The third kappa shape index (κ3) is 4.85. The van der Waals surface area contributed by atoms with Crippen LogP contribution < -0.4 is 15.0 Å². The minimum absolute atomic E-state index is 0.00322. The van der Waals surface area contributed by atoms with Gasteiger partial charge in [-0.25, -0.2) is 18.6 Å². The summed E-state index contributed by atoms with van der Waals surface area (Å²) in [7, 11) is 0. The van der Waals surface area contributed by atoms with E-state index in [1.807, 2.05) is 0 Å². The summed E-state index contributed by atoms with van der Waals surface area (Å²) in [5.74, 6) is -0.403. The Morgan fingerprint density at radius 3 is 2.87 bits per heavy atom. The van der Waals surface area contributed by atoms with Crippen LogP contribution in [0.25, 0.3) is 0 Å². The quantitative estimate of drug-likeness (QED) is 0.599. The van der Waals surface area contributed by atoms with Crippen LogP contribution in [0, 0.1) is 5.82 Å². The molecular weight excluding hydrogens is 424 g/mol. The molecule has 0 bridgehead atoms. The minimum Gasteiger partial charge on any atom is -0.489 e. The number of cyclic esters (lactones) is 1. The third-order valence-corrected chi connectivity index (χ3v) is 4.53. The molecule has 1 amide bonds. The fourth-order valence-electron chi connectivity index (χ4n) is 2.90. The van der Waals surface area contributed by atoms with Gasteiger partial charge in [-0.1, -0.05) is 11.6 Å². The van der Waals surface area contributed by atoms with Gasteiger partial charge in [0, 0.05) is 12.1 Å². The molecule has 12 heteroatoms. The van der Waals surface area contributed by atoms with Gasteiger partial charge in [0.05, 0.1) is 24.0 Å². The molecule has 0 unspecified atom stereocenters. The van der Waals surface area contributed by atoms with Gasteiger partial charge in [0.1, 0.15) is 42.7 Å². The van der Waals surface area contributed by atoms with Crippen molar-refractivity contribution in [3.8, 4) is 5.75 Å². The van der Waals surface area contributed by atoms with Crippen molar-refractivity contribution in [2.45, 2.75) is 32.0 Å². The molecule has 0 spiro atoms. The molecule has 0 aromatic carbocycles. The highest BCUT2D eigenvalue weighted by molar-refractivity contribution is 6.29. The van der Waals surface area contributed by atoms with E-state index < -0.39 is 36.8 Å². The summed E-state index contributed by atoms with van der Waals surface area (Å²) < 4.78 is 36.6. The molecule has 30 heavy (non-hydrogen) atoms. The molecule has 3 rings (SSSR count). The highest BCUT2D eigenvalue weighted by atomic mass is 35.5. The number of nitrogens with one attached hydrogen (secondary N) is 1. The van der Waals surface area contributed by atoms with E-state index in [-0.39, 0.29) is 41.6 Å². The zero-order chi connectivity index (χ0) is 21.8. The lowest BCUT2D eigenvalue weighted by atomic mass is 10.2. The first-order valence-electron chi connectivity index (χ1n) is 9.09. The summed E-state index contributed by atoms with van der Waals surface area (Å²) in [6.45, 7) is 2.26. The van der Waals surface area contributed by atoms with Crippen molar-refractivity contribution in [3.63, 3.8) is 0 Å². The van der Waals surface area contributed by atoms with Crippen LogP contribution in [0.2, 0.25) is 5.15 Å². The summed E-state index contributed by atoms with van der Waals surface area (Å²) in [4.78, 5) is 25.6. The monoisotopic (exact) mass is 443 g/mol. The van der Waals surface area contributed by atoms with Gasteiger partial charge in [0.15, 0.2) is 5.82 Å². The average Bonchev–Trinajstić information content (AvgIpc) is 3.07. The number of pyridine rings is 1. The number of ether oxygens (including phenoxy) is 2. The largest absolute Gasteiger partial charge is 0.489 e. The summed E-state index contributed by atoms with van der Waals surface area (Å²) in [5, 5.41) is 12.8. The SMILES string of the molecule is C[C@H](Nc1nc(Cl)cc(N2C(=O)OC[C@@H]2[C@@H](C)O)n1)c1ncc(OCCF)cc1F. The molecule has 1 aliphatic heterocycles. The normalized spacial score (nSPS) is 18.1. The maximum atomic E-state index is 14.4. The summed E-state index contributed by atoms with van der Waals surface area (Å²) in [5.41, 5.74) is 0.0511. The number of anilines is 2. The van der Waals surface area contributed by atoms with Gasteiger partial charge >= 0.3 is 6.09 Å². The van der Waals surface area contributed by atoms with E-state index in [4.69, 9.17) is 21.1 Å². The van der Waals surface area contributed by atoms with E-state index in [1.54, 1.807) is 6.92 Å². The Labute approximate surface area is 176 Å². The number of carbonyl (C=O) groups excluding carboxylic acids is 1. The van der Waals surface area contributed by atoms with Crippen LogP contribution in [0.5, 0.6) is 5.75 Å². The molecule has 162 valence electrons. The molecule has 3 atom stereocenters. The van der Waals surface area contributed by atoms with Gasteiger partial charge in [-0.2, -0.15) is 4.98 Å². The van der Waals surface area contributed by atoms with E-state index in [0.29, 0.717) is 0 Å². The molecule has 0 aliphatic carbocycles. The van der Waals surface area contributed by atoms with Crippen molar-refractivity contribution in [2.75, 3.05) is 30.1 Å². The van der Waals surface area contributed by atoms with E-state index in [0.717, 1.165) is 6.07 Å². The van der Waals surface area contributed by atoms with Crippen LogP contribution in [-0.2, 0) is 4.74 Å². The fraction of sp³-hybridized carbons (Fsp3) is 0.444. The number of hydrogen-bond acceptors (Lipinski definition) is 8. The Balaban J connectivity index is 1.81. The summed E-state index contributed by atoms with van der Waals surface area (Å²) >= 11 is 6.06. The van der Waals surface area contributed by atoms with Crippen LogP contribution in [-0.4, -0.2) is 58.2 Å². The number of alkyl halides is 1. The predicted octanol–water partition coefficient (Wildman–Crippen LogP) is 2.89. The van der Waals surface area contributed by atoms with Gasteiger partial charge < -0.3 is 19.9 Å². The highest BCUT2D eigenvalue weighted by Gasteiger charge is 2.38. The summed E-state index contributed by atoms with van der Waals surface area (Å²) in [6, 6.07) is 1.15. The molecule has 0 radical (unpaired) electrons. The van der Waals surface area contributed by atoms with Gasteiger partial charge in [-0.15, -0.1) is 0 Å². The number of halogens is 3. The number of aliphatic hydroxyl groups excluding tert-OH is 1. The second-order valence-electron chi connectivity index (χ2n) is 6.57. The Morgan fingerprint density at radius 1 is 1.43 bits per heavy atom. The standard InChI is InChI=1S/C18H20ClF2N5O4/c1-9(16-12(21)5-11(7-22-16)29-4-3-20)23-17-24-14(19)6-15(25-17)26-13(10(2)27)8-30-18(26)28/h5-7,9-10,13,27H,3-4,8H2,1-2H3,(H,23,24,25)/t9-,10+,13+/m0/s1. The maximum absolute atomic E-state index is 14.4. The fourth-order valence-corrected chi connectivity index (χ4v) is 3.07. The number of aliphatic hydroxyl groups is 1. The Morgan fingerprint density at radius 2 is 2.20 bits per heavy atom. The van der Waals surface area contributed by atoms with Crippen LogP contribution in [0.1, 0.15) is 25.6 Å². The molecule has 3 heterocycles. The smallest absolute Gasteiger partial charge is 0.416 e. The number of nitrogens with zero attached hydrogens (tertiary/aromatic N) is 4. The van der Waals surface area contributed by atoms with Crippen molar-refractivity contribution in [1.29, 1.82) is 0 Å². The first kappa shape index (κ1) is 21.9. The number of rotatable bonds is 8. The lowest BCUT2D eigenvalue weighted by Crippen LogP contribution is -2.41. The zero-order valence-electron chi connectivity index (χ0n) is 16.2. The maximum Gasteiger partial charge on any atom is 0.416 e. The average molecular weight is 444 g/mol. The van der Waals surface area contributed by atoms with Crippen molar-refractivity contribution in [2.24, 2.45) is 0 Å². The van der Waals surface area contributed by atoms with Gasteiger partial charge in [0.25, 0.3) is 0 Å². The topological polar surface area (TPSA) is 110 Å². The number of amides is 1. The van der Waals surface area contributed by atoms with E-state index >= 15 is 0 Å². The van der Waals surface area contributed by atoms with E-state index in [1.165, 1.54) is 24.1 Å². The number of hydrogen-bond donors (Lipinski definition) is 2. The molecule has 1 aliphatic rings. The number of aromatic nitrogens is 3. The molecule has 9 nitrogen and oxygen atoms in total. The lowest BCUT2D eigenvalue weighted by Gasteiger charge is -2.23. The van der Waals surface area contributed by atoms with Crippen LogP contribution in [0.4, 0.5) is 25.3 Å². The second-order valence-corrected chi connectivity index (χ2v) is 6.96. The number of carbonyl (C=O) groups is 1. The molecular formula is C18H20ClF2N5O4. The lowest BCUT2D eigenvalue weighted by molar-refractivity contribution is 0.142.